The Kier molecular flexibility index (Phi) is 15.5. The molecule has 0 N–H and O–H groups in total. The molecular formula is C32H50O2. The van der Waals surface area contributed by atoms with Crippen molar-refractivity contribution < 1.29 is 9.47 Å². The minimum absolute atomic E-state index is 0.148. The van der Waals surface area contributed by atoms with E-state index in [2.05, 4.69) is 69.3 Å². The van der Waals surface area contributed by atoms with Gasteiger partial charge >= 0.3 is 0 Å². The topological polar surface area (TPSA) is 18.5 Å². The van der Waals surface area contributed by atoms with Crippen LogP contribution in [0.15, 0.2) is 48.5 Å². The third-order valence-corrected chi connectivity index (χ3v) is 6.66. The van der Waals surface area contributed by atoms with E-state index in [9.17, 15) is 0 Å². The predicted molar refractivity (Wildman–Crippen MR) is 148 cm³/mol. The van der Waals surface area contributed by atoms with Crippen molar-refractivity contribution in [1.29, 1.82) is 0 Å². The summed E-state index contributed by atoms with van der Waals surface area (Å²) in [5, 5.41) is 0. The van der Waals surface area contributed by atoms with Crippen LogP contribution in [0.25, 0.3) is 11.1 Å². The number of rotatable bonds is 20. The first-order chi connectivity index (χ1) is 16.7. The highest BCUT2D eigenvalue weighted by Gasteiger charge is 2.06. The molecule has 0 aliphatic rings. The van der Waals surface area contributed by atoms with Gasteiger partial charge in [0.15, 0.2) is 0 Å². The zero-order valence-corrected chi connectivity index (χ0v) is 22.3. The van der Waals surface area contributed by atoms with E-state index < -0.39 is 0 Å². The Labute approximate surface area is 210 Å². The minimum Gasteiger partial charge on any atom is -0.494 e. The highest BCUT2D eigenvalue weighted by molar-refractivity contribution is 5.64. The van der Waals surface area contributed by atoms with E-state index in [-0.39, 0.29) is 6.10 Å². The van der Waals surface area contributed by atoms with E-state index >= 15 is 0 Å². The summed E-state index contributed by atoms with van der Waals surface area (Å²) >= 11 is 0. The van der Waals surface area contributed by atoms with Crippen LogP contribution in [0.1, 0.15) is 122 Å². The fourth-order valence-corrected chi connectivity index (χ4v) is 4.39. The third-order valence-electron chi connectivity index (χ3n) is 6.66. The highest BCUT2D eigenvalue weighted by Crippen LogP contribution is 2.25. The first-order valence-electron chi connectivity index (χ1n) is 14.2. The van der Waals surface area contributed by atoms with Gasteiger partial charge in [0.1, 0.15) is 5.75 Å². The molecule has 0 bridgehead atoms. The van der Waals surface area contributed by atoms with Crippen molar-refractivity contribution in [2.75, 3.05) is 13.2 Å². The molecule has 0 saturated carbocycles. The molecule has 2 nitrogen and oxygen atoms in total. The fourth-order valence-electron chi connectivity index (χ4n) is 4.39. The first-order valence-corrected chi connectivity index (χ1v) is 14.2. The standard InChI is InChI=1S/C32H50O2/c1-4-6-7-8-9-10-11-12-13-14-15-16-17-27-34-32-24-22-31(23-25-32)30-20-18-29(19-21-30)28(3)33-26-5-2/h18-25,28H,4-17,26-27H2,1-3H3. The van der Waals surface area contributed by atoms with Crippen molar-refractivity contribution >= 4 is 0 Å². The maximum atomic E-state index is 5.97. The average Bonchev–Trinajstić information content (AvgIpc) is 2.88. The summed E-state index contributed by atoms with van der Waals surface area (Å²) in [6, 6.07) is 17.2. The normalized spacial score (nSPS) is 12.1. The second-order valence-electron chi connectivity index (χ2n) is 9.75. The number of ether oxygens (including phenoxy) is 2. The van der Waals surface area contributed by atoms with Crippen molar-refractivity contribution in [2.24, 2.45) is 0 Å². The van der Waals surface area contributed by atoms with Crippen LogP contribution in [0.4, 0.5) is 0 Å². The van der Waals surface area contributed by atoms with Crippen molar-refractivity contribution in [1.82, 2.24) is 0 Å². The van der Waals surface area contributed by atoms with Crippen LogP contribution in [-0.2, 0) is 4.74 Å². The molecule has 0 radical (unpaired) electrons. The summed E-state index contributed by atoms with van der Waals surface area (Å²) in [6.07, 6.45) is 19.1. The molecule has 2 aromatic rings. The van der Waals surface area contributed by atoms with Crippen LogP contribution >= 0.6 is 0 Å². The van der Waals surface area contributed by atoms with Crippen LogP contribution in [0, 0.1) is 0 Å². The Morgan fingerprint density at radius 2 is 1.00 bits per heavy atom. The molecule has 0 saturated heterocycles. The quantitative estimate of drug-likeness (QED) is 0.181. The van der Waals surface area contributed by atoms with Crippen LogP contribution in [0.2, 0.25) is 0 Å². The van der Waals surface area contributed by atoms with Crippen molar-refractivity contribution in [3.63, 3.8) is 0 Å². The molecule has 0 aliphatic heterocycles. The maximum absolute atomic E-state index is 5.97. The van der Waals surface area contributed by atoms with Gasteiger partial charge in [-0.05, 0) is 48.6 Å². The number of benzene rings is 2. The lowest BCUT2D eigenvalue weighted by molar-refractivity contribution is 0.0663. The highest BCUT2D eigenvalue weighted by atomic mass is 16.5. The third kappa shape index (κ3) is 12.1. The van der Waals surface area contributed by atoms with Gasteiger partial charge in [-0.3, -0.25) is 0 Å². The lowest BCUT2D eigenvalue weighted by Crippen LogP contribution is -2.00. The lowest BCUT2D eigenvalue weighted by atomic mass is 10.0. The number of hydrogen-bond donors (Lipinski definition) is 0. The van der Waals surface area contributed by atoms with Gasteiger partial charge in [-0.1, -0.05) is 127 Å². The molecule has 0 amide bonds. The molecule has 2 rings (SSSR count). The van der Waals surface area contributed by atoms with Crippen LogP contribution in [0.5, 0.6) is 5.75 Å². The smallest absolute Gasteiger partial charge is 0.119 e. The van der Waals surface area contributed by atoms with Gasteiger partial charge in [0.05, 0.1) is 12.7 Å². The van der Waals surface area contributed by atoms with E-state index in [1.807, 2.05) is 0 Å². The van der Waals surface area contributed by atoms with Gasteiger partial charge in [-0.15, -0.1) is 0 Å². The van der Waals surface area contributed by atoms with Crippen LogP contribution in [-0.4, -0.2) is 13.2 Å². The van der Waals surface area contributed by atoms with E-state index in [1.165, 1.54) is 93.7 Å². The summed E-state index contributed by atoms with van der Waals surface area (Å²) < 4.78 is 11.8. The van der Waals surface area contributed by atoms with Crippen molar-refractivity contribution in [3.05, 3.63) is 54.1 Å². The second-order valence-corrected chi connectivity index (χ2v) is 9.75. The van der Waals surface area contributed by atoms with Crippen molar-refractivity contribution in [2.45, 2.75) is 117 Å². The van der Waals surface area contributed by atoms with Crippen LogP contribution in [0.3, 0.4) is 0 Å². The average molecular weight is 467 g/mol. The molecule has 2 aromatic carbocycles. The van der Waals surface area contributed by atoms with Gasteiger partial charge in [0.25, 0.3) is 0 Å². The largest absolute Gasteiger partial charge is 0.494 e. The van der Waals surface area contributed by atoms with E-state index in [0.717, 1.165) is 31.8 Å². The van der Waals surface area contributed by atoms with E-state index in [1.54, 1.807) is 0 Å². The van der Waals surface area contributed by atoms with E-state index in [0.29, 0.717) is 0 Å². The van der Waals surface area contributed by atoms with Crippen molar-refractivity contribution in [3.8, 4) is 16.9 Å². The second kappa shape index (κ2) is 18.5. The molecule has 190 valence electrons. The summed E-state index contributed by atoms with van der Waals surface area (Å²) in [7, 11) is 0. The number of hydrogen-bond acceptors (Lipinski definition) is 2. The zero-order chi connectivity index (χ0) is 24.3. The first kappa shape index (κ1) is 28.4. The Morgan fingerprint density at radius 1 is 0.529 bits per heavy atom. The molecule has 34 heavy (non-hydrogen) atoms. The molecule has 0 aliphatic carbocycles. The predicted octanol–water partition coefficient (Wildman–Crippen LogP) is 10.3. The Morgan fingerprint density at radius 3 is 1.50 bits per heavy atom. The minimum atomic E-state index is 0.148. The van der Waals surface area contributed by atoms with Gasteiger partial charge in [0, 0.05) is 6.61 Å². The summed E-state index contributed by atoms with van der Waals surface area (Å²) in [6.45, 7) is 8.18. The molecule has 1 unspecified atom stereocenters. The number of unbranched alkanes of at least 4 members (excludes halogenated alkanes) is 12. The molecule has 0 spiro atoms. The van der Waals surface area contributed by atoms with Gasteiger partial charge in [-0.25, -0.2) is 0 Å². The Hall–Kier alpha value is -1.80. The molecular weight excluding hydrogens is 416 g/mol. The summed E-state index contributed by atoms with van der Waals surface area (Å²) in [5.41, 5.74) is 3.69. The Balaban J connectivity index is 1.53. The molecule has 1 atom stereocenters. The summed E-state index contributed by atoms with van der Waals surface area (Å²) in [4.78, 5) is 0. The van der Waals surface area contributed by atoms with E-state index in [4.69, 9.17) is 9.47 Å². The van der Waals surface area contributed by atoms with Crippen LogP contribution < -0.4 is 4.74 Å². The molecule has 0 aromatic heterocycles. The van der Waals surface area contributed by atoms with Gasteiger partial charge < -0.3 is 9.47 Å². The summed E-state index contributed by atoms with van der Waals surface area (Å²) in [5.74, 6) is 0.973. The Bertz CT molecular complexity index is 720. The maximum Gasteiger partial charge on any atom is 0.119 e. The zero-order valence-electron chi connectivity index (χ0n) is 22.3. The lowest BCUT2D eigenvalue weighted by Gasteiger charge is -2.13. The monoisotopic (exact) mass is 466 g/mol. The molecule has 0 fully saturated rings. The molecule has 0 heterocycles. The SMILES string of the molecule is CCCCCCCCCCCCCCCOc1ccc(-c2ccc(C(C)OCCC)cc2)cc1. The van der Waals surface area contributed by atoms with Gasteiger partial charge in [-0.2, -0.15) is 0 Å². The fraction of sp³-hybridized carbons (Fsp3) is 0.625. The van der Waals surface area contributed by atoms with Gasteiger partial charge in [0.2, 0.25) is 0 Å². The molecule has 2 heteroatoms.